The Kier molecular flexibility index (Phi) is 4.67. The van der Waals surface area contributed by atoms with Crippen LogP contribution in [-0.2, 0) is 9.84 Å². The third-order valence-corrected chi connectivity index (χ3v) is 5.82. The predicted octanol–water partition coefficient (Wildman–Crippen LogP) is 3.27. The van der Waals surface area contributed by atoms with Crippen LogP contribution in [0.3, 0.4) is 0 Å². The van der Waals surface area contributed by atoms with Crippen molar-refractivity contribution in [1.82, 2.24) is 0 Å². The van der Waals surface area contributed by atoms with Crippen molar-refractivity contribution in [3.8, 4) is 0 Å². The first-order valence-corrected chi connectivity index (χ1v) is 7.89. The number of sulfone groups is 1. The Bertz CT molecular complexity index is 518. The van der Waals surface area contributed by atoms with Crippen LogP contribution in [-0.4, -0.2) is 25.5 Å². The summed E-state index contributed by atoms with van der Waals surface area (Å²) in [5, 5.41) is 3.76. The van der Waals surface area contributed by atoms with Gasteiger partial charge in [0.05, 0.1) is 10.5 Å². The molecular formula is C13H20ClNO2S. The molecule has 0 aliphatic rings. The lowest BCUT2D eigenvalue weighted by molar-refractivity contribution is 0.560. The fourth-order valence-electron chi connectivity index (χ4n) is 1.34. The highest BCUT2D eigenvalue weighted by Crippen LogP contribution is 2.20. The third kappa shape index (κ3) is 3.89. The zero-order valence-corrected chi connectivity index (χ0v) is 12.8. The predicted molar refractivity (Wildman–Crippen MR) is 78.2 cm³/mol. The molecule has 1 rings (SSSR count). The van der Waals surface area contributed by atoms with Gasteiger partial charge in [-0.1, -0.05) is 17.7 Å². The second-order valence-corrected chi connectivity index (χ2v) is 8.59. The van der Waals surface area contributed by atoms with Crippen molar-refractivity contribution in [3.05, 3.63) is 28.8 Å². The number of anilines is 1. The van der Waals surface area contributed by atoms with Crippen molar-refractivity contribution < 1.29 is 8.42 Å². The molecule has 0 bridgehead atoms. The minimum absolute atomic E-state index is 0.113. The molecule has 3 nitrogen and oxygen atoms in total. The monoisotopic (exact) mass is 289 g/mol. The van der Waals surface area contributed by atoms with Gasteiger partial charge in [-0.15, -0.1) is 0 Å². The molecule has 0 radical (unpaired) electrons. The quantitative estimate of drug-likeness (QED) is 0.925. The van der Waals surface area contributed by atoms with Gasteiger partial charge in [-0.05, 0) is 45.4 Å². The lowest BCUT2D eigenvalue weighted by atomic mass is 10.2. The highest BCUT2D eigenvalue weighted by Gasteiger charge is 2.28. The van der Waals surface area contributed by atoms with Gasteiger partial charge in [-0.2, -0.15) is 0 Å². The summed E-state index contributed by atoms with van der Waals surface area (Å²) in [5.41, 5.74) is 1.85. The van der Waals surface area contributed by atoms with Crippen molar-refractivity contribution in [1.29, 1.82) is 0 Å². The van der Waals surface area contributed by atoms with Crippen LogP contribution in [0.25, 0.3) is 0 Å². The van der Waals surface area contributed by atoms with Crippen LogP contribution in [0.2, 0.25) is 5.02 Å². The normalized spacial score (nSPS) is 12.5. The zero-order valence-electron chi connectivity index (χ0n) is 11.2. The summed E-state index contributed by atoms with van der Waals surface area (Å²) in [4.78, 5) is 0. The molecule has 0 saturated carbocycles. The maximum absolute atomic E-state index is 11.9. The van der Waals surface area contributed by atoms with Crippen molar-refractivity contribution in [2.75, 3.05) is 17.6 Å². The molecular weight excluding hydrogens is 270 g/mol. The molecule has 0 atom stereocenters. The summed E-state index contributed by atoms with van der Waals surface area (Å²) in [5.74, 6) is 0.113. The molecule has 0 aliphatic heterocycles. The molecule has 0 saturated heterocycles. The van der Waals surface area contributed by atoms with Gasteiger partial charge in [-0.25, -0.2) is 8.42 Å². The molecule has 102 valence electrons. The Balaban J connectivity index is 2.60. The summed E-state index contributed by atoms with van der Waals surface area (Å²) in [6.45, 7) is 7.45. The number of rotatable bonds is 4. The lowest BCUT2D eigenvalue weighted by Gasteiger charge is -2.19. The van der Waals surface area contributed by atoms with Crippen LogP contribution in [0.5, 0.6) is 0 Å². The number of hydrogen-bond donors (Lipinski definition) is 1. The first-order chi connectivity index (χ1) is 8.13. The van der Waals surface area contributed by atoms with Crippen LogP contribution in [0.15, 0.2) is 18.2 Å². The molecule has 1 aromatic rings. The highest BCUT2D eigenvalue weighted by molar-refractivity contribution is 7.92. The molecule has 0 fully saturated rings. The summed E-state index contributed by atoms with van der Waals surface area (Å²) in [6.07, 6.45) is 0. The number of halogens is 1. The van der Waals surface area contributed by atoms with E-state index in [1.54, 1.807) is 26.8 Å². The molecule has 0 aliphatic carbocycles. The summed E-state index contributed by atoms with van der Waals surface area (Å²) in [6, 6.07) is 5.61. The van der Waals surface area contributed by atoms with E-state index in [4.69, 9.17) is 11.6 Å². The Morgan fingerprint density at radius 1 is 1.28 bits per heavy atom. The second kappa shape index (κ2) is 5.49. The maximum atomic E-state index is 11.9. The van der Waals surface area contributed by atoms with E-state index in [0.717, 1.165) is 11.3 Å². The zero-order chi connectivity index (χ0) is 14.0. The van der Waals surface area contributed by atoms with E-state index in [1.807, 2.05) is 19.1 Å². The van der Waals surface area contributed by atoms with E-state index in [-0.39, 0.29) is 5.75 Å². The van der Waals surface area contributed by atoms with Crippen molar-refractivity contribution in [2.45, 2.75) is 32.4 Å². The molecule has 1 aromatic carbocycles. The van der Waals surface area contributed by atoms with Crippen molar-refractivity contribution in [3.63, 3.8) is 0 Å². The number of hydrogen-bond acceptors (Lipinski definition) is 3. The first kappa shape index (κ1) is 15.3. The van der Waals surface area contributed by atoms with Crippen LogP contribution in [0, 0.1) is 6.92 Å². The van der Waals surface area contributed by atoms with Crippen molar-refractivity contribution >= 4 is 27.1 Å². The van der Waals surface area contributed by atoms with Crippen molar-refractivity contribution in [2.24, 2.45) is 0 Å². The molecule has 0 unspecified atom stereocenters. The Hall–Kier alpha value is -0.740. The molecule has 0 aromatic heterocycles. The second-order valence-electron chi connectivity index (χ2n) is 5.32. The van der Waals surface area contributed by atoms with Gasteiger partial charge in [-0.3, -0.25) is 0 Å². The number of aryl methyl sites for hydroxylation is 1. The third-order valence-electron chi connectivity index (χ3n) is 2.80. The number of nitrogens with one attached hydrogen (secondary N) is 1. The Morgan fingerprint density at radius 3 is 2.39 bits per heavy atom. The van der Waals surface area contributed by atoms with Crippen LogP contribution in [0.1, 0.15) is 26.3 Å². The van der Waals surface area contributed by atoms with Gasteiger partial charge in [0, 0.05) is 17.3 Å². The van der Waals surface area contributed by atoms with E-state index < -0.39 is 14.6 Å². The van der Waals surface area contributed by atoms with Gasteiger partial charge >= 0.3 is 0 Å². The van der Waals surface area contributed by atoms with E-state index in [0.29, 0.717) is 11.6 Å². The fourth-order valence-corrected chi connectivity index (χ4v) is 2.50. The molecule has 0 spiro atoms. The highest BCUT2D eigenvalue weighted by atomic mass is 35.5. The molecule has 0 amide bonds. The van der Waals surface area contributed by atoms with Crippen LogP contribution in [0.4, 0.5) is 5.69 Å². The topological polar surface area (TPSA) is 46.2 Å². The summed E-state index contributed by atoms with van der Waals surface area (Å²) >= 11 is 6.00. The first-order valence-electron chi connectivity index (χ1n) is 5.86. The van der Waals surface area contributed by atoms with Gasteiger partial charge < -0.3 is 5.32 Å². The molecule has 0 heterocycles. The van der Waals surface area contributed by atoms with E-state index in [9.17, 15) is 8.42 Å². The molecule has 5 heteroatoms. The molecule has 18 heavy (non-hydrogen) atoms. The minimum atomic E-state index is -3.08. The average Bonchev–Trinajstić information content (AvgIpc) is 2.21. The average molecular weight is 290 g/mol. The summed E-state index contributed by atoms with van der Waals surface area (Å²) in [7, 11) is -3.08. The smallest absolute Gasteiger partial charge is 0.156 e. The largest absolute Gasteiger partial charge is 0.384 e. The Labute approximate surface area is 114 Å². The van der Waals surface area contributed by atoms with E-state index >= 15 is 0 Å². The summed E-state index contributed by atoms with van der Waals surface area (Å²) < 4.78 is 23.1. The van der Waals surface area contributed by atoms with Gasteiger partial charge in [0.2, 0.25) is 0 Å². The fraction of sp³-hybridized carbons (Fsp3) is 0.538. The Morgan fingerprint density at radius 2 is 1.89 bits per heavy atom. The van der Waals surface area contributed by atoms with Gasteiger partial charge in [0.1, 0.15) is 0 Å². The van der Waals surface area contributed by atoms with Crippen LogP contribution < -0.4 is 5.32 Å². The van der Waals surface area contributed by atoms with E-state index in [2.05, 4.69) is 5.32 Å². The van der Waals surface area contributed by atoms with E-state index in [1.165, 1.54) is 0 Å². The minimum Gasteiger partial charge on any atom is -0.384 e. The molecule has 1 N–H and O–H groups in total. The van der Waals surface area contributed by atoms with Gasteiger partial charge in [0.25, 0.3) is 0 Å². The maximum Gasteiger partial charge on any atom is 0.156 e. The van der Waals surface area contributed by atoms with Gasteiger partial charge in [0.15, 0.2) is 9.84 Å². The standard InChI is InChI=1S/C13H20ClNO2S/c1-10-5-6-11(9-12(10)14)15-7-8-18(16,17)13(2,3)4/h5-6,9,15H,7-8H2,1-4H3. The lowest BCUT2D eigenvalue weighted by Crippen LogP contribution is -2.32. The SMILES string of the molecule is Cc1ccc(NCCS(=O)(=O)C(C)(C)C)cc1Cl. The number of benzene rings is 1. The van der Waals surface area contributed by atoms with Crippen LogP contribution >= 0.6 is 11.6 Å².